The van der Waals surface area contributed by atoms with Gasteiger partial charge in [-0.05, 0) is 44.7 Å². The number of aryl methyl sites for hydroxylation is 1. The fraction of sp³-hybridized carbons (Fsp3) is 0.550. The van der Waals surface area contributed by atoms with Crippen molar-refractivity contribution in [2.45, 2.75) is 43.5 Å². The molecular weight excluding hydrogens is 388 g/mol. The Bertz CT molecular complexity index is 709. The molecule has 1 fully saturated rings. The zero-order valence-electron chi connectivity index (χ0n) is 16.7. The summed E-state index contributed by atoms with van der Waals surface area (Å²) in [6, 6.07) is 4.72. The maximum atomic E-state index is 4.75. The fourth-order valence-corrected chi connectivity index (χ4v) is 4.74. The molecule has 152 valence electrons. The molecule has 0 saturated carbocycles. The lowest BCUT2D eigenvalue weighted by atomic mass is 10.1. The first kappa shape index (κ1) is 20.9. The van der Waals surface area contributed by atoms with Crippen molar-refractivity contribution in [3.63, 3.8) is 0 Å². The lowest BCUT2D eigenvalue weighted by Gasteiger charge is -2.33. The number of aliphatic imine (C=N–C) groups is 1. The maximum absolute atomic E-state index is 4.75. The van der Waals surface area contributed by atoms with Crippen LogP contribution in [-0.2, 0) is 0 Å². The highest BCUT2D eigenvalue weighted by atomic mass is 32.2. The highest BCUT2D eigenvalue weighted by molar-refractivity contribution is 8.00. The molecule has 0 bridgehead atoms. The third kappa shape index (κ3) is 6.67. The number of pyridine rings is 1. The van der Waals surface area contributed by atoms with Crippen molar-refractivity contribution in [3.8, 4) is 0 Å². The average molecular weight is 419 g/mol. The van der Waals surface area contributed by atoms with Crippen LogP contribution in [-0.4, -0.2) is 53.9 Å². The van der Waals surface area contributed by atoms with Crippen molar-refractivity contribution in [1.82, 2.24) is 20.6 Å². The second-order valence-corrected chi connectivity index (χ2v) is 9.10. The molecule has 0 unspecified atom stereocenters. The van der Waals surface area contributed by atoms with Gasteiger partial charge in [0.1, 0.15) is 10.2 Å². The first-order valence-electron chi connectivity index (χ1n) is 9.99. The molecule has 8 heteroatoms. The summed E-state index contributed by atoms with van der Waals surface area (Å²) < 4.78 is 1.14. The zero-order valence-corrected chi connectivity index (χ0v) is 18.4. The van der Waals surface area contributed by atoms with Gasteiger partial charge in [0.2, 0.25) is 0 Å². The molecule has 0 aromatic carbocycles. The molecular formula is C20H30N6S2. The highest BCUT2D eigenvalue weighted by Crippen LogP contribution is 2.20. The number of thiazole rings is 1. The van der Waals surface area contributed by atoms with E-state index in [-0.39, 0.29) is 0 Å². The molecule has 0 amide bonds. The van der Waals surface area contributed by atoms with E-state index in [1.54, 1.807) is 11.3 Å². The summed E-state index contributed by atoms with van der Waals surface area (Å²) in [5.41, 5.74) is 1.21. The minimum absolute atomic E-state index is 0.462. The van der Waals surface area contributed by atoms with E-state index in [1.165, 1.54) is 5.56 Å². The Morgan fingerprint density at radius 3 is 2.86 bits per heavy atom. The normalized spacial score (nSPS) is 15.6. The molecule has 6 nitrogen and oxygen atoms in total. The van der Waals surface area contributed by atoms with E-state index in [9.17, 15) is 0 Å². The predicted molar refractivity (Wildman–Crippen MR) is 121 cm³/mol. The molecule has 1 saturated heterocycles. The van der Waals surface area contributed by atoms with Crippen LogP contribution in [0.1, 0.15) is 31.7 Å². The van der Waals surface area contributed by atoms with E-state index in [2.05, 4.69) is 51.5 Å². The largest absolute Gasteiger partial charge is 0.357 e. The molecule has 1 aliphatic rings. The van der Waals surface area contributed by atoms with Crippen LogP contribution in [0.25, 0.3) is 0 Å². The summed E-state index contributed by atoms with van der Waals surface area (Å²) in [4.78, 5) is 16.0. The quantitative estimate of drug-likeness (QED) is 0.296. The van der Waals surface area contributed by atoms with Gasteiger partial charge < -0.3 is 15.5 Å². The number of guanidine groups is 1. The summed E-state index contributed by atoms with van der Waals surface area (Å²) in [5.74, 6) is 3.08. The first-order valence-corrected chi connectivity index (χ1v) is 11.9. The van der Waals surface area contributed by atoms with Gasteiger partial charge in [0.05, 0.1) is 0 Å². The van der Waals surface area contributed by atoms with Gasteiger partial charge in [0, 0.05) is 55.7 Å². The molecule has 0 aliphatic carbocycles. The van der Waals surface area contributed by atoms with Crippen molar-refractivity contribution in [2.75, 3.05) is 36.8 Å². The van der Waals surface area contributed by atoms with Gasteiger partial charge >= 0.3 is 0 Å². The molecule has 1 aliphatic heterocycles. The Morgan fingerprint density at radius 2 is 2.18 bits per heavy atom. The van der Waals surface area contributed by atoms with E-state index in [0.29, 0.717) is 6.04 Å². The van der Waals surface area contributed by atoms with Crippen molar-refractivity contribution in [3.05, 3.63) is 35.5 Å². The van der Waals surface area contributed by atoms with Crippen LogP contribution >= 0.6 is 23.1 Å². The number of hydrogen-bond acceptors (Lipinski definition) is 6. The minimum atomic E-state index is 0.462. The van der Waals surface area contributed by atoms with Gasteiger partial charge in [-0.15, -0.1) is 11.3 Å². The summed E-state index contributed by atoms with van der Waals surface area (Å²) in [5, 5.41) is 9.02. The number of hydrogen-bond donors (Lipinski definition) is 2. The predicted octanol–water partition coefficient (Wildman–Crippen LogP) is 3.55. The summed E-state index contributed by atoms with van der Waals surface area (Å²) in [6.45, 7) is 7.95. The van der Waals surface area contributed by atoms with Gasteiger partial charge in [-0.3, -0.25) is 4.99 Å². The Kier molecular flexibility index (Phi) is 8.42. The zero-order chi connectivity index (χ0) is 19.6. The van der Waals surface area contributed by atoms with Gasteiger partial charge in [-0.2, -0.15) is 0 Å². The number of rotatable bonds is 8. The van der Waals surface area contributed by atoms with Crippen LogP contribution in [0.2, 0.25) is 0 Å². The SMILES string of the molecule is CCNC(=NCCCSc1nccs1)NC1CCN(c2ccc(C)cn2)CC1. The standard InChI is InChI=1S/C20H30N6S2/c1-3-21-19(22-9-4-13-27-20-23-10-14-28-20)25-17-7-11-26(12-8-17)18-6-5-16(2)15-24-18/h5-6,10,14-15,17H,3-4,7-9,11-13H2,1-2H3,(H2,21,22,25). The van der Waals surface area contributed by atoms with Gasteiger partial charge in [0.25, 0.3) is 0 Å². The van der Waals surface area contributed by atoms with Crippen LogP contribution in [0.4, 0.5) is 5.82 Å². The van der Waals surface area contributed by atoms with Crippen LogP contribution < -0.4 is 15.5 Å². The second kappa shape index (κ2) is 11.3. The Hall–Kier alpha value is -1.80. The number of nitrogens with one attached hydrogen (secondary N) is 2. The van der Waals surface area contributed by atoms with Gasteiger partial charge in [0.15, 0.2) is 5.96 Å². The van der Waals surface area contributed by atoms with Crippen LogP contribution in [0, 0.1) is 6.92 Å². The lowest BCUT2D eigenvalue weighted by Crippen LogP contribution is -2.49. The molecule has 0 spiro atoms. The molecule has 2 aromatic heterocycles. The third-order valence-electron chi connectivity index (χ3n) is 4.61. The van der Waals surface area contributed by atoms with Gasteiger partial charge in [-0.1, -0.05) is 17.8 Å². The molecule has 28 heavy (non-hydrogen) atoms. The lowest BCUT2D eigenvalue weighted by molar-refractivity contribution is 0.459. The minimum Gasteiger partial charge on any atom is -0.357 e. The molecule has 2 N–H and O–H groups in total. The van der Waals surface area contributed by atoms with E-state index in [1.807, 2.05) is 29.5 Å². The molecule has 0 atom stereocenters. The maximum Gasteiger partial charge on any atom is 0.191 e. The topological polar surface area (TPSA) is 65.4 Å². The van der Waals surface area contributed by atoms with Crippen molar-refractivity contribution >= 4 is 34.9 Å². The van der Waals surface area contributed by atoms with Crippen LogP contribution in [0.3, 0.4) is 0 Å². The molecule has 3 rings (SSSR count). The smallest absolute Gasteiger partial charge is 0.191 e. The van der Waals surface area contributed by atoms with Crippen molar-refractivity contribution in [1.29, 1.82) is 0 Å². The van der Waals surface area contributed by atoms with Crippen molar-refractivity contribution < 1.29 is 0 Å². The highest BCUT2D eigenvalue weighted by Gasteiger charge is 2.20. The summed E-state index contributed by atoms with van der Waals surface area (Å²) >= 11 is 3.51. The molecule has 0 radical (unpaired) electrons. The Labute approximate surface area is 176 Å². The Morgan fingerprint density at radius 1 is 1.32 bits per heavy atom. The van der Waals surface area contributed by atoms with E-state index < -0.39 is 0 Å². The fourth-order valence-electron chi connectivity index (χ4n) is 3.11. The third-order valence-corrected chi connectivity index (χ3v) is 6.66. The summed E-state index contributed by atoms with van der Waals surface area (Å²) in [7, 11) is 0. The van der Waals surface area contributed by atoms with E-state index in [0.717, 1.165) is 67.3 Å². The first-order chi connectivity index (χ1) is 13.7. The number of piperidine rings is 1. The summed E-state index contributed by atoms with van der Waals surface area (Å²) in [6.07, 6.45) is 7.05. The van der Waals surface area contributed by atoms with Crippen molar-refractivity contribution in [2.24, 2.45) is 4.99 Å². The van der Waals surface area contributed by atoms with Gasteiger partial charge in [-0.25, -0.2) is 9.97 Å². The number of thioether (sulfide) groups is 1. The number of anilines is 1. The molecule has 3 heterocycles. The number of aromatic nitrogens is 2. The Balaban J connectivity index is 1.40. The van der Waals surface area contributed by atoms with Crippen LogP contribution in [0.15, 0.2) is 39.2 Å². The van der Waals surface area contributed by atoms with E-state index in [4.69, 9.17) is 4.99 Å². The second-order valence-electron chi connectivity index (χ2n) is 6.86. The van der Waals surface area contributed by atoms with E-state index >= 15 is 0 Å². The van der Waals surface area contributed by atoms with Crippen LogP contribution in [0.5, 0.6) is 0 Å². The average Bonchev–Trinajstić information content (AvgIpc) is 3.23. The monoisotopic (exact) mass is 418 g/mol. The molecule has 2 aromatic rings. The number of nitrogens with zero attached hydrogens (tertiary/aromatic N) is 4.